The molecule has 0 aliphatic heterocycles. The van der Waals surface area contributed by atoms with Gasteiger partial charge in [0, 0.05) is 10.0 Å². The third-order valence-corrected chi connectivity index (χ3v) is 5.39. The highest BCUT2D eigenvalue weighted by molar-refractivity contribution is 9.10. The minimum atomic E-state index is -5.82. The van der Waals surface area contributed by atoms with Crippen LogP contribution in [0.25, 0.3) is 0 Å². The van der Waals surface area contributed by atoms with Gasteiger partial charge in [0.05, 0.1) is 12.2 Å². The number of carbonyl (C=O) groups excluding carboxylic acids is 1. The van der Waals surface area contributed by atoms with E-state index in [1.165, 1.54) is 0 Å². The van der Waals surface area contributed by atoms with Gasteiger partial charge < -0.3 is 8.92 Å². The fraction of sp³-hybridized carbons (Fsp3) is 0.500. The Balaban J connectivity index is 2.58. The predicted octanol–water partition coefficient (Wildman–Crippen LogP) is 3.73. The zero-order chi connectivity index (χ0) is 18.1. The highest BCUT2D eigenvalue weighted by Gasteiger charge is 2.49. The number of benzene rings is 1. The standard InChI is InChI=1S/C14H14BrF3O5S/c1-2-22-13(19)10-7-11(23-24(20,21)14(16,17)18)8-5-3-4-6-9(8)12(10)15/h7H,2-6H2,1H3. The van der Waals surface area contributed by atoms with Crippen molar-refractivity contribution in [3.05, 3.63) is 27.2 Å². The molecule has 0 spiro atoms. The van der Waals surface area contributed by atoms with E-state index in [4.69, 9.17) is 4.74 Å². The minimum absolute atomic E-state index is 0.0649. The number of alkyl halides is 3. The van der Waals surface area contributed by atoms with Gasteiger partial charge >= 0.3 is 21.6 Å². The van der Waals surface area contributed by atoms with E-state index in [2.05, 4.69) is 20.1 Å². The van der Waals surface area contributed by atoms with Gasteiger partial charge in [-0.05, 0) is 60.2 Å². The van der Waals surface area contributed by atoms with E-state index in [1.54, 1.807) is 6.92 Å². The Morgan fingerprint density at radius 3 is 2.38 bits per heavy atom. The molecule has 0 saturated heterocycles. The van der Waals surface area contributed by atoms with Gasteiger partial charge in [0.2, 0.25) is 0 Å². The lowest BCUT2D eigenvalue weighted by Gasteiger charge is -2.22. The predicted molar refractivity (Wildman–Crippen MR) is 82.3 cm³/mol. The van der Waals surface area contributed by atoms with E-state index in [-0.39, 0.29) is 12.2 Å². The van der Waals surface area contributed by atoms with E-state index < -0.39 is 27.3 Å². The molecular formula is C14H14BrF3O5S. The second kappa shape index (κ2) is 6.91. The Labute approximate surface area is 145 Å². The third kappa shape index (κ3) is 3.69. The molecule has 5 nitrogen and oxygen atoms in total. The lowest BCUT2D eigenvalue weighted by Crippen LogP contribution is -2.29. The van der Waals surface area contributed by atoms with Gasteiger partial charge in [-0.3, -0.25) is 0 Å². The van der Waals surface area contributed by atoms with Crippen LogP contribution in [0.3, 0.4) is 0 Å². The zero-order valence-electron chi connectivity index (χ0n) is 12.6. The quantitative estimate of drug-likeness (QED) is 0.413. The molecule has 0 N–H and O–H groups in total. The number of fused-ring (bicyclic) bond motifs is 1. The van der Waals surface area contributed by atoms with E-state index >= 15 is 0 Å². The van der Waals surface area contributed by atoms with Crippen molar-refractivity contribution in [1.29, 1.82) is 0 Å². The molecule has 0 bridgehead atoms. The summed E-state index contributed by atoms with van der Waals surface area (Å²) in [6, 6.07) is 0.982. The maximum absolute atomic E-state index is 12.6. The van der Waals surface area contributed by atoms with Crippen molar-refractivity contribution in [2.24, 2.45) is 0 Å². The van der Waals surface area contributed by atoms with Crippen LogP contribution in [0, 0.1) is 0 Å². The van der Waals surface area contributed by atoms with Gasteiger partial charge in [-0.2, -0.15) is 21.6 Å². The molecule has 0 aromatic heterocycles. The minimum Gasteiger partial charge on any atom is -0.462 e. The van der Waals surface area contributed by atoms with Crippen molar-refractivity contribution in [3.63, 3.8) is 0 Å². The van der Waals surface area contributed by atoms with Gasteiger partial charge in [-0.15, -0.1) is 0 Å². The molecule has 0 heterocycles. The molecule has 1 aliphatic carbocycles. The number of hydrogen-bond acceptors (Lipinski definition) is 5. The molecule has 1 aromatic rings. The smallest absolute Gasteiger partial charge is 0.462 e. The summed E-state index contributed by atoms with van der Waals surface area (Å²) in [5, 5.41) is 0. The molecule has 0 amide bonds. The number of hydrogen-bond donors (Lipinski definition) is 0. The zero-order valence-corrected chi connectivity index (χ0v) is 15.0. The second-order valence-corrected chi connectivity index (χ2v) is 7.43. The number of rotatable bonds is 4. The maximum atomic E-state index is 12.6. The molecular weight excluding hydrogens is 417 g/mol. The third-order valence-electron chi connectivity index (χ3n) is 3.52. The summed E-state index contributed by atoms with van der Waals surface area (Å²) in [6.07, 6.45) is 2.30. The van der Waals surface area contributed by atoms with Crippen LogP contribution in [-0.2, 0) is 27.7 Å². The molecule has 0 atom stereocenters. The van der Waals surface area contributed by atoms with Crippen LogP contribution in [0.4, 0.5) is 13.2 Å². The molecule has 134 valence electrons. The number of carbonyl (C=O) groups is 1. The summed E-state index contributed by atoms with van der Waals surface area (Å²) in [4.78, 5) is 12.0. The summed E-state index contributed by atoms with van der Waals surface area (Å²) in [7, 11) is -5.82. The van der Waals surface area contributed by atoms with Crippen LogP contribution in [0.2, 0.25) is 0 Å². The molecule has 0 fully saturated rings. The van der Waals surface area contributed by atoms with Crippen LogP contribution >= 0.6 is 15.9 Å². The highest BCUT2D eigenvalue weighted by atomic mass is 79.9. The first kappa shape index (κ1) is 19.0. The topological polar surface area (TPSA) is 69.7 Å². The monoisotopic (exact) mass is 430 g/mol. The first-order chi connectivity index (χ1) is 11.1. The lowest BCUT2D eigenvalue weighted by atomic mass is 9.89. The molecule has 1 aliphatic rings. The van der Waals surface area contributed by atoms with E-state index in [0.29, 0.717) is 34.9 Å². The van der Waals surface area contributed by atoms with Crippen molar-refractivity contribution in [2.75, 3.05) is 6.61 Å². The summed E-state index contributed by atoms with van der Waals surface area (Å²) in [5.74, 6) is -1.25. The van der Waals surface area contributed by atoms with Gasteiger partial charge in [-0.1, -0.05) is 0 Å². The Bertz CT molecular complexity index is 759. The van der Waals surface area contributed by atoms with Gasteiger partial charge in [0.15, 0.2) is 0 Å². The van der Waals surface area contributed by atoms with Crippen molar-refractivity contribution in [1.82, 2.24) is 0 Å². The SMILES string of the molecule is CCOC(=O)c1cc(OS(=O)(=O)C(F)(F)F)c2c(c1Br)CCCC2. The van der Waals surface area contributed by atoms with Gasteiger partial charge in [0.1, 0.15) is 5.75 Å². The molecule has 0 radical (unpaired) electrons. The molecule has 1 aromatic carbocycles. The average Bonchev–Trinajstić information content (AvgIpc) is 2.49. The first-order valence-electron chi connectivity index (χ1n) is 7.10. The Hall–Kier alpha value is -1.29. The molecule has 0 saturated carbocycles. The van der Waals surface area contributed by atoms with Crippen LogP contribution in [0.5, 0.6) is 5.75 Å². The fourth-order valence-electron chi connectivity index (χ4n) is 2.46. The number of halogens is 4. The largest absolute Gasteiger partial charge is 0.534 e. The molecule has 0 unspecified atom stereocenters. The fourth-order valence-corrected chi connectivity index (χ4v) is 3.65. The maximum Gasteiger partial charge on any atom is 0.534 e. The van der Waals surface area contributed by atoms with Crippen LogP contribution < -0.4 is 4.18 Å². The van der Waals surface area contributed by atoms with Gasteiger partial charge in [-0.25, -0.2) is 4.79 Å². The molecule has 2 rings (SSSR count). The molecule has 24 heavy (non-hydrogen) atoms. The van der Waals surface area contributed by atoms with E-state index in [9.17, 15) is 26.4 Å². The van der Waals surface area contributed by atoms with Gasteiger partial charge in [0.25, 0.3) is 0 Å². The normalized spacial score (nSPS) is 14.9. The van der Waals surface area contributed by atoms with Crippen LogP contribution in [0.1, 0.15) is 41.3 Å². The van der Waals surface area contributed by atoms with Crippen LogP contribution in [0.15, 0.2) is 10.5 Å². The molecule has 10 heteroatoms. The summed E-state index contributed by atoms with van der Waals surface area (Å²) >= 11 is 3.26. The Morgan fingerprint density at radius 1 is 1.25 bits per heavy atom. The van der Waals surface area contributed by atoms with Crippen LogP contribution in [-0.4, -0.2) is 26.5 Å². The highest BCUT2D eigenvalue weighted by Crippen LogP contribution is 2.39. The summed E-state index contributed by atoms with van der Waals surface area (Å²) in [6.45, 7) is 1.65. The van der Waals surface area contributed by atoms with E-state index in [0.717, 1.165) is 12.5 Å². The van der Waals surface area contributed by atoms with Crippen molar-refractivity contribution < 1.29 is 35.3 Å². The second-order valence-electron chi connectivity index (χ2n) is 5.10. The first-order valence-corrected chi connectivity index (χ1v) is 9.30. The lowest BCUT2D eigenvalue weighted by molar-refractivity contribution is -0.0500. The van der Waals surface area contributed by atoms with Crippen molar-refractivity contribution >= 4 is 32.0 Å². The number of ether oxygens (including phenoxy) is 1. The Kier molecular flexibility index (Phi) is 5.48. The summed E-state index contributed by atoms with van der Waals surface area (Å²) in [5.41, 5.74) is -4.69. The van der Waals surface area contributed by atoms with Crippen molar-refractivity contribution in [2.45, 2.75) is 38.1 Å². The average molecular weight is 431 g/mol. The Morgan fingerprint density at radius 2 is 1.83 bits per heavy atom. The summed E-state index contributed by atoms with van der Waals surface area (Å²) < 4.78 is 70.0. The van der Waals surface area contributed by atoms with E-state index in [1.807, 2.05) is 0 Å². The van der Waals surface area contributed by atoms with Crippen molar-refractivity contribution in [3.8, 4) is 5.75 Å². The number of esters is 1.